The first kappa shape index (κ1) is 14.7. The topological polar surface area (TPSA) is 56.5 Å². The minimum absolute atomic E-state index is 0.505. The molecule has 1 rings (SSSR count). The summed E-state index contributed by atoms with van der Waals surface area (Å²) in [6, 6.07) is 3.75. The molecule has 3 N–H and O–H groups in total. The zero-order valence-corrected chi connectivity index (χ0v) is 12.7. The molecule has 1 aromatic rings. The van der Waals surface area contributed by atoms with Gasteiger partial charge in [0.15, 0.2) is 17.7 Å². The monoisotopic (exact) mass is 332 g/mol. The van der Waals surface area contributed by atoms with E-state index < -0.39 is 0 Å². The largest absolute Gasteiger partial charge is 0.493 e. The van der Waals surface area contributed by atoms with E-state index in [2.05, 4.69) is 31.8 Å². The van der Waals surface area contributed by atoms with E-state index >= 15 is 0 Å². The molecule has 1 aromatic carbocycles. The normalized spacial score (nSPS) is 10.2. The molecule has 5 nitrogen and oxygen atoms in total. The third kappa shape index (κ3) is 3.85. The predicted molar refractivity (Wildman–Crippen MR) is 78.2 cm³/mol. The predicted octanol–water partition coefficient (Wildman–Crippen LogP) is -0.0253. The third-order valence-electron chi connectivity index (χ3n) is 2.11. The van der Waals surface area contributed by atoms with E-state index in [-0.39, 0.29) is 0 Å². The molecule has 0 spiro atoms. The summed E-state index contributed by atoms with van der Waals surface area (Å²) < 4.78 is 11.3. The molecule has 0 aliphatic rings. The molecule has 98 valence electrons. The molecule has 0 heterocycles. The summed E-state index contributed by atoms with van der Waals surface area (Å²) >= 11 is 8.35. The first-order valence-corrected chi connectivity index (χ1v) is 6.30. The summed E-state index contributed by atoms with van der Waals surface area (Å²) in [5.74, 6) is 1.31. The van der Waals surface area contributed by atoms with Gasteiger partial charge in [0.2, 0.25) is 5.11 Å². The molecule has 0 aromatic heterocycles. The second-order valence-corrected chi connectivity index (χ2v) is 4.49. The summed E-state index contributed by atoms with van der Waals surface area (Å²) in [6.45, 7) is 0. The van der Waals surface area contributed by atoms with Crippen LogP contribution in [-0.4, -0.2) is 32.6 Å². The van der Waals surface area contributed by atoms with Crippen LogP contribution in [0.4, 0.5) is 0 Å². The summed E-state index contributed by atoms with van der Waals surface area (Å²) in [5.41, 5.74) is 3.70. The smallest absolute Gasteiger partial charge is 0.223 e. The van der Waals surface area contributed by atoms with Gasteiger partial charge in [-0.15, -0.1) is 10.5 Å². The lowest BCUT2D eigenvalue weighted by molar-refractivity contribution is -0.500. The standard InChI is InChI=1S/C11H14BrN3O2S/c1-13-11(18)15-14-6-7-4-8(12)10(17-3)9(5-7)16-2/h4-6H,1-3H3,(H2,13,15,18)/p+1. The Hall–Kier alpha value is -1.34. The number of thiocarbonyl (C=S) groups is 1. The maximum atomic E-state index is 5.24. The molecular formula is C11H15BrN3O2S+. The Kier molecular flexibility index (Phi) is 5.87. The highest BCUT2D eigenvalue weighted by molar-refractivity contribution is 9.10. The number of rotatable bonds is 4. The van der Waals surface area contributed by atoms with Crippen molar-refractivity contribution in [3.63, 3.8) is 0 Å². The van der Waals surface area contributed by atoms with E-state index in [1.807, 2.05) is 12.1 Å². The molecule has 0 bridgehead atoms. The molecule has 0 aliphatic heterocycles. The lowest BCUT2D eigenvalue weighted by atomic mass is 10.2. The third-order valence-corrected chi connectivity index (χ3v) is 3.00. The van der Waals surface area contributed by atoms with Gasteiger partial charge in [0.25, 0.3) is 0 Å². The van der Waals surface area contributed by atoms with E-state index in [1.165, 1.54) is 0 Å². The number of methoxy groups -OCH3 is 2. The van der Waals surface area contributed by atoms with Crippen LogP contribution in [0, 0.1) is 0 Å². The van der Waals surface area contributed by atoms with Crippen molar-refractivity contribution in [2.75, 3.05) is 21.3 Å². The molecule has 0 atom stereocenters. The molecule has 7 heteroatoms. The fourth-order valence-corrected chi connectivity index (χ4v) is 1.95. The zero-order valence-electron chi connectivity index (χ0n) is 10.3. The zero-order chi connectivity index (χ0) is 13.5. The van der Waals surface area contributed by atoms with Crippen molar-refractivity contribution in [2.45, 2.75) is 0 Å². The Morgan fingerprint density at radius 1 is 1.39 bits per heavy atom. The van der Waals surface area contributed by atoms with Crippen molar-refractivity contribution in [2.24, 2.45) is 0 Å². The molecule has 0 amide bonds. The van der Waals surface area contributed by atoms with E-state index in [0.717, 1.165) is 10.0 Å². The Balaban J connectivity index is 2.91. The fraction of sp³-hybridized carbons (Fsp3) is 0.273. The second-order valence-electron chi connectivity index (χ2n) is 3.23. The highest BCUT2D eigenvalue weighted by Gasteiger charge is 2.10. The van der Waals surface area contributed by atoms with Crippen LogP contribution >= 0.6 is 28.1 Å². The number of hydrogen-bond donors (Lipinski definition) is 3. The molecule has 0 saturated heterocycles. The fourth-order valence-electron chi connectivity index (χ4n) is 1.27. The van der Waals surface area contributed by atoms with Crippen LogP contribution in [0.15, 0.2) is 16.6 Å². The minimum atomic E-state index is 0.505. The van der Waals surface area contributed by atoms with Crippen LogP contribution in [0.1, 0.15) is 5.56 Å². The number of hydrogen-bond acceptors (Lipinski definition) is 3. The summed E-state index contributed by atoms with van der Waals surface area (Å²) in [4.78, 5) is 0. The van der Waals surface area contributed by atoms with Gasteiger partial charge in [-0.3, -0.25) is 0 Å². The number of ether oxygens (including phenoxy) is 2. The van der Waals surface area contributed by atoms with Gasteiger partial charge in [-0.25, -0.2) is 0 Å². The lowest BCUT2D eigenvalue weighted by Crippen LogP contribution is -2.82. The van der Waals surface area contributed by atoms with E-state index in [0.29, 0.717) is 16.6 Å². The Morgan fingerprint density at radius 3 is 2.67 bits per heavy atom. The minimum Gasteiger partial charge on any atom is -0.493 e. The quantitative estimate of drug-likeness (QED) is 0.411. The summed E-state index contributed by atoms with van der Waals surface area (Å²) in [6.07, 6.45) is 1.76. The second kappa shape index (κ2) is 7.17. The van der Waals surface area contributed by atoms with Crippen LogP contribution in [0.3, 0.4) is 0 Å². The van der Waals surface area contributed by atoms with Gasteiger partial charge in [-0.1, -0.05) is 0 Å². The van der Waals surface area contributed by atoms with Crippen molar-refractivity contribution in [3.8, 4) is 11.5 Å². The van der Waals surface area contributed by atoms with Gasteiger partial charge in [-0.2, -0.15) is 0 Å². The Labute approximate surface area is 120 Å². The first-order valence-electron chi connectivity index (χ1n) is 5.10. The number of hydrazone groups is 1. The molecule has 0 radical (unpaired) electrons. The average molecular weight is 333 g/mol. The van der Waals surface area contributed by atoms with Gasteiger partial charge in [0.1, 0.15) is 0 Å². The lowest BCUT2D eigenvalue weighted by Gasteiger charge is -2.09. The molecule has 0 unspecified atom stereocenters. The molecule has 0 saturated carbocycles. The highest BCUT2D eigenvalue weighted by atomic mass is 79.9. The first-order chi connectivity index (χ1) is 8.62. The van der Waals surface area contributed by atoms with Crippen molar-refractivity contribution in [3.05, 3.63) is 22.2 Å². The van der Waals surface area contributed by atoms with Crippen molar-refractivity contribution in [1.29, 1.82) is 0 Å². The van der Waals surface area contributed by atoms with E-state index in [9.17, 15) is 0 Å². The van der Waals surface area contributed by atoms with E-state index in [4.69, 9.17) is 21.7 Å². The van der Waals surface area contributed by atoms with Crippen LogP contribution in [-0.2, 0) is 0 Å². The van der Waals surface area contributed by atoms with Crippen LogP contribution in [0.5, 0.6) is 11.5 Å². The van der Waals surface area contributed by atoms with Crippen molar-refractivity contribution < 1.29 is 14.6 Å². The van der Waals surface area contributed by atoms with Gasteiger partial charge >= 0.3 is 0 Å². The average Bonchev–Trinajstić information content (AvgIpc) is 2.37. The number of benzene rings is 1. The van der Waals surface area contributed by atoms with Gasteiger partial charge in [-0.05, 0) is 40.3 Å². The molecular weight excluding hydrogens is 318 g/mol. The van der Waals surface area contributed by atoms with Gasteiger partial charge in [0.05, 0.1) is 18.7 Å². The van der Waals surface area contributed by atoms with Crippen molar-refractivity contribution >= 4 is 39.5 Å². The number of halogens is 1. The van der Waals surface area contributed by atoms with Crippen LogP contribution < -0.4 is 25.3 Å². The molecule has 0 aliphatic carbocycles. The van der Waals surface area contributed by atoms with E-state index in [1.54, 1.807) is 27.5 Å². The Morgan fingerprint density at radius 2 is 2.11 bits per heavy atom. The molecule has 0 fully saturated rings. The summed E-state index contributed by atoms with van der Waals surface area (Å²) in [7, 11) is 4.93. The summed E-state index contributed by atoms with van der Waals surface area (Å²) in [5, 5.41) is 6.17. The highest BCUT2D eigenvalue weighted by Crippen LogP contribution is 2.35. The maximum absolute atomic E-state index is 5.24. The van der Waals surface area contributed by atoms with Gasteiger partial charge in [0, 0.05) is 12.6 Å². The number of nitrogens with one attached hydrogen (secondary N) is 3. The maximum Gasteiger partial charge on any atom is 0.223 e. The van der Waals surface area contributed by atoms with Crippen LogP contribution in [0.25, 0.3) is 0 Å². The van der Waals surface area contributed by atoms with Crippen LogP contribution in [0.2, 0.25) is 0 Å². The number of hydrazine groups is 1. The molecule has 18 heavy (non-hydrogen) atoms. The van der Waals surface area contributed by atoms with Crippen molar-refractivity contribution in [1.82, 2.24) is 10.7 Å². The Bertz CT molecular complexity index is 466. The van der Waals surface area contributed by atoms with Gasteiger partial charge < -0.3 is 14.8 Å². The SMILES string of the molecule is CNC(=S)N[NH+]=Cc1cc(Br)c(OC)c(OC)c1.